The first-order valence-corrected chi connectivity index (χ1v) is 21.7. The zero-order valence-electron chi connectivity index (χ0n) is 36.2. The Morgan fingerprint density at radius 3 is 1.44 bits per heavy atom. The van der Waals surface area contributed by atoms with Crippen LogP contribution in [0.15, 0.2) is 54.6 Å². The van der Waals surface area contributed by atoms with Crippen molar-refractivity contribution in [2.24, 2.45) is 0 Å². The maximum Gasteiger partial charge on any atom is 4.00 e. The number of hydrogen-bond acceptors (Lipinski definition) is 0. The Morgan fingerprint density at radius 2 is 1.02 bits per heavy atom. The Kier molecular flexibility index (Phi) is 22.8. The predicted molar refractivity (Wildman–Crippen MR) is 227 cm³/mol. The molecule has 0 aliphatic carbocycles. The molecule has 0 nitrogen and oxygen atoms in total. The van der Waals surface area contributed by atoms with E-state index in [1.54, 1.807) is 27.4 Å². The molecule has 5 heteroatoms. The van der Waals surface area contributed by atoms with E-state index in [1.807, 2.05) is 0 Å². The second kappa shape index (κ2) is 23.3. The van der Waals surface area contributed by atoms with Gasteiger partial charge in [0.1, 0.15) is 0 Å². The average Bonchev–Trinajstić information content (AvgIpc) is 3.26. The van der Waals surface area contributed by atoms with Gasteiger partial charge in [-0.1, -0.05) is 208 Å². The van der Waals surface area contributed by atoms with E-state index in [-0.39, 0.29) is 69.8 Å². The molecule has 0 aliphatic heterocycles. The van der Waals surface area contributed by atoms with Gasteiger partial charge >= 0.3 is 21.7 Å². The number of halogens is 3. The minimum atomic E-state index is -0.748. The number of aryl methyl sites for hydroxylation is 4. The summed E-state index contributed by atoms with van der Waals surface area (Å²) in [7, 11) is -0.748. The largest absolute Gasteiger partial charge is 4.00 e. The summed E-state index contributed by atoms with van der Waals surface area (Å²) in [5.74, 6) is 0. The molecule has 54 heavy (non-hydrogen) atoms. The minimum absolute atomic E-state index is 0. The van der Waals surface area contributed by atoms with Crippen LogP contribution in [0.5, 0.6) is 0 Å². The van der Waals surface area contributed by atoms with Crippen LogP contribution in [0, 0.1) is 34.6 Å². The normalized spacial score (nSPS) is 12.2. The second-order valence-corrected chi connectivity index (χ2v) is 20.0. The molecule has 0 N–H and O–H groups in total. The monoisotopic (exact) mass is 840 g/mol. The molecule has 0 radical (unpaired) electrons. The van der Waals surface area contributed by atoms with Gasteiger partial charge in [0.2, 0.25) is 0 Å². The Labute approximate surface area is 368 Å². The van der Waals surface area contributed by atoms with Crippen molar-refractivity contribution in [2.75, 3.05) is 0 Å². The molecule has 0 aliphatic rings. The Morgan fingerprint density at radius 1 is 0.556 bits per heavy atom. The molecule has 4 rings (SSSR count). The summed E-state index contributed by atoms with van der Waals surface area (Å²) < 4.78 is 0. The van der Waals surface area contributed by atoms with E-state index < -0.39 is 9.52 Å². The number of unbranched alkanes of at least 4 members (excludes halogenated alkanes) is 6. The van der Waals surface area contributed by atoms with Gasteiger partial charge in [-0.2, -0.15) is 11.1 Å². The van der Waals surface area contributed by atoms with Crippen LogP contribution in [0.1, 0.15) is 173 Å². The fraction of sp³-hybridized carbons (Fsp3) is 0.531. The van der Waals surface area contributed by atoms with E-state index >= 15 is 0 Å². The van der Waals surface area contributed by atoms with Crippen LogP contribution >= 0.6 is 0 Å². The molecule has 0 aromatic heterocycles. The van der Waals surface area contributed by atoms with Gasteiger partial charge in [0.05, 0.1) is 9.52 Å². The van der Waals surface area contributed by atoms with Crippen LogP contribution in [0.3, 0.4) is 0 Å². The third-order valence-corrected chi connectivity index (χ3v) is 13.5. The predicted octanol–water partition coefficient (Wildman–Crippen LogP) is 4.05. The van der Waals surface area contributed by atoms with Crippen molar-refractivity contribution in [3.63, 3.8) is 0 Å². The fourth-order valence-corrected chi connectivity index (χ4v) is 10.6. The number of benzene rings is 3. The molecule has 0 bridgehead atoms. The van der Waals surface area contributed by atoms with E-state index in [1.165, 1.54) is 114 Å². The summed E-state index contributed by atoms with van der Waals surface area (Å²) in [4.78, 5) is 0. The van der Waals surface area contributed by atoms with Gasteiger partial charge in [0.15, 0.2) is 0 Å². The molecular weight excluding hydrogens is 771 g/mol. The van der Waals surface area contributed by atoms with Gasteiger partial charge in [-0.15, -0.1) is 16.7 Å². The minimum Gasteiger partial charge on any atom is -1.00 e. The van der Waals surface area contributed by atoms with Crippen LogP contribution in [-0.2, 0) is 45.4 Å². The van der Waals surface area contributed by atoms with Crippen molar-refractivity contribution in [2.45, 2.75) is 171 Å². The van der Waals surface area contributed by atoms with E-state index in [2.05, 4.69) is 145 Å². The third kappa shape index (κ3) is 14.0. The molecule has 0 saturated carbocycles. The van der Waals surface area contributed by atoms with Gasteiger partial charge in [0, 0.05) is 0 Å². The van der Waals surface area contributed by atoms with Crippen molar-refractivity contribution in [3.8, 4) is 11.1 Å². The van der Waals surface area contributed by atoms with Crippen molar-refractivity contribution in [1.29, 1.82) is 0 Å². The summed E-state index contributed by atoms with van der Waals surface area (Å²) in [5.41, 5.74) is 19.9. The first-order chi connectivity index (χ1) is 23.5. The van der Waals surface area contributed by atoms with Crippen LogP contribution in [0.25, 0.3) is 11.1 Å². The summed E-state index contributed by atoms with van der Waals surface area (Å²) in [6.07, 6.45) is 12.9. The van der Waals surface area contributed by atoms with E-state index in [9.17, 15) is 0 Å². The third-order valence-electron chi connectivity index (χ3n) is 11.3. The number of rotatable bonds is 15. The fourth-order valence-electron chi connectivity index (χ4n) is 8.11. The van der Waals surface area contributed by atoms with Crippen LogP contribution in [0.4, 0.5) is 0 Å². The maximum atomic E-state index is 2.65. The summed E-state index contributed by atoms with van der Waals surface area (Å²) >= 11 is 0. The zero-order chi connectivity index (χ0) is 36.8. The van der Waals surface area contributed by atoms with Gasteiger partial charge in [-0.25, -0.2) is 0 Å². The summed E-state index contributed by atoms with van der Waals surface area (Å²) in [5, 5.41) is 1.59. The molecule has 0 spiro atoms. The molecule has 4 aromatic rings. The number of hydrogen-bond donors (Lipinski definition) is 0. The summed E-state index contributed by atoms with van der Waals surface area (Å²) in [6, 6.07) is 22.8. The van der Waals surface area contributed by atoms with Gasteiger partial charge in [-0.05, 0) is 67.0 Å². The quantitative estimate of drug-likeness (QED) is 0.0965. The van der Waals surface area contributed by atoms with Crippen molar-refractivity contribution in [1.82, 2.24) is 0 Å². The van der Waals surface area contributed by atoms with E-state index in [0.717, 1.165) is 0 Å². The average molecular weight is 842 g/mol. The first-order valence-electron chi connectivity index (χ1n) is 20.2. The summed E-state index contributed by atoms with van der Waals surface area (Å²) in [6.45, 7) is 30.7. The first kappa shape index (κ1) is 52.8. The molecule has 1 unspecified atom stereocenters. The molecule has 0 fully saturated rings. The molecule has 4 aromatic carbocycles. The topological polar surface area (TPSA) is 0 Å². The SMILES string of the molecule is CCCCCCc1cc(CCCCCC)cc(C([SiH2]c2cc(C)cc(C)c2)[c-]2c(C)c(C)c(C)c2-c2cc(C(C)(C)C)cc(C(C)(C)C)c2)c1.[Cl-].[Cl-].[Cl-].[Ti+4]. The molecule has 0 amide bonds. The van der Waals surface area contributed by atoms with E-state index in [4.69, 9.17) is 0 Å². The molecular formula is C49H71Cl3SiTi. The molecule has 0 saturated heterocycles. The van der Waals surface area contributed by atoms with E-state index in [0.29, 0.717) is 5.54 Å². The van der Waals surface area contributed by atoms with Crippen LogP contribution < -0.4 is 42.4 Å². The van der Waals surface area contributed by atoms with Gasteiger partial charge in [0.25, 0.3) is 0 Å². The van der Waals surface area contributed by atoms with Gasteiger partial charge < -0.3 is 37.2 Å². The van der Waals surface area contributed by atoms with Crippen molar-refractivity contribution >= 4 is 14.7 Å². The Balaban J connectivity index is 0.00000702. The maximum absolute atomic E-state index is 2.65. The second-order valence-electron chi connectivity index (χ2n) is 17.9. The standard InChI is InChI=1S/C49H71Si.3ClH.Ti/c1-14-16-18-20-22-38-27-39(23-21-19-17-15-2)29-41(28-38)47(50-44-25-33(3)24-34(4)26-44)46-37(7)35(5)36(6)45(46)40-30-42(48(8,9)10)32-43(31-40)49(11,12)13;;;;/h24-32,47H,14-23,50H2,1-13H3;3*1H;/q-1;;;;+4/p-3. The Hall–Kier alpha value is -1.19. The molecule has 1 atom stereocenters. The van der Waals surface area contributed by atoms with Gasteiger partial charge in [-0.3, -0.25) is 0 Å². The van der Waals surface area contributed by atoms with Crippen LogP contribution in [0.2, 0.25) is 0 Å². The van der Waals surface area contributed by atoms with Crippen LogP contribution in [-0.4, -0.2) is 9.52 Å². The zero-order valence-corrected chi connectivity index (χ0v) is 41.4. The van der Waals surface area contributed by atoms with Crippen molar-refractivity contribution < 1.29 is 58.9 Å². The smallest absolute Gasteiger partial charge is 1.00 e. The Bertz CT molecular complexity index is 1650. The van der Waals surface area contributed by atoms with Crippen molar-refractivity contribution in [3.05, 3.63) is 116 Å². The molecule has 0 heterocycles. The molecule has 296 valence electrons.